The van der Waals surface area contributed by atoms with E-state index in [2.05, 4.69) is 58.4 Å². The van der Waals surface area contributed by atoms with E-state index in [0.29, 0.717) is 0 Å². The van der Waals surface area contributed by atoms with Crippen molar-refractivity contribution in [1.29, 1.82) is 0 Å². The Bertz CT molecular complexity index is 386. The molecule has 2 N–H and O–H groups in total. The Morgan fingerprint density at radius 3 is 2.68 bits per heavy atom. The molecule has 0 radical (unpaired) electrons. The van der Waals surface area contributed by atoms with Crippen molar-refractivity contribution in [2.24, 2.45) is 4.99 Å². The van der Waals surface area contributed by atoms with Crippen LogP contribution in [0.2, 0.25) is 0 Å². The molecule has 0 aliphatic carbocycles. The van der Waals surface area contributed by atoms with E-state index < -0.39 is 0 Å². The lowest BCUT2D eigenvalue weighted by molar-refractivity contribution is 0.737. The van der Waals surface area contributed by atoms with Crippen molar-refractivity contribution in [1.82, 2.24) is 10.6 Å². The summed E-state index contributed by atoms with van der Waals surface area (Å²) in [7, 11) is 3.88. The summed E-state index contributed by atoms with van der Waals surface area (Å²) in [4.78, 5) is 6.39. The van der Waals surface area contributed by atoms with Crippen LogP contribution >= 0.6 is 0 Å². The number of benzene rings is 1. The standard InChI is InChI=1S/C15H24N4/c1-4-11-17-15(16-2)18-12-8-13-19(3)14-9-6-5-7-10-14/h4-7,9-10H,1,8,11-13H2,2-3H3,(H2,16,17,18). The summed E-state index contributed by atoms with van der Waals surface area (Å²) in [5.41, 5.74) is 1.25. The van der Waals surface area contributed by atoms with Gasteiger partial charge in [0.05, 0.1) is 0 Å². The van der Waals surface area contributed by atoms with Gasteiger partial charge in [-0.1, -0.05) is 24.3 Å². The van der Waals surface area contributed by atoms with Crippen molar-refractivity contribution in [3.05, 3.63) is 43.0 Å². The molecule has 19 heavy (non-hydrogen) atoms. The van der Waals surface area contributed by atoms with Crippen molar-refractivity contribution < 1.29 is 0 Å². The van der Waals surface area contributed by atoms with Gasteiger partial charge in [0.15, 0.2) is 5.96 Å². The smallest absolute Gasteiger partial charge is 0.191 e. The van der Waals surface area contributed by atoms with Crippen LogP contribution in [0.4, 0.5) is 5.69 Å². The van der Waals surface area contributed by atoms with E-state index in [1.54, 1.807) is 7.05 Å². The highest BCUT2D eigenvalue weighted by Crippen LogP contribution is 2.10. The molecular formula is C15H24N4. The molecule has 104 valence electrons. The maximum Gasteiger partial charge on any atom is 0.191 e. The lowest BCUT2D eigenvalue weighted by Crippen LogP contribution is -2.38. The largest absolute Gasteiger partial charge is 0.375 e. The molecule has 4 heteroatoms. The number of para-hydroxylation sites is 1. The minimum atomic E-state index is 0.726. The highest BCUT2D eigenvalue weighted by atomic mass is 15.2. The van der Waals surface area contributed by atoms with E-state index in [9.17, 15) is 0 Å². The molecule has 0 aliphatic heterocycles. The van der Waals surface area contributed by atoms with Gasteiger partial charge >= 0.3 is 0 Å². The fourth-order valence-corrected chi connectivity index (χ4v) is 1.72. The minimum absolute atomic E-state index is 0.726. The predicted octanol–water partition coefficient (Wildman–Crippen LogP) is 1.86. The fourth-order valence-electron chi connectivity index (χ4n) is 1.72. The van der Waals surface area contributed by atoms with Crippen LogP contribution in [0.1, 0.15) is 6.42 Å². The van der Waals surface area contributed by atoms with Gasteiger partial charge in [0.1, 0.15) is 0 Å². The molecule has 0 spiro atoms. The Hall–Kier alpha value is -1.97. The summed E-state index contributed by atoms with van der Waals surface area (Å²) in [6.07, 6.45) is 2.87. The average molecular weight is 260 g/mol. The van der Waals surface area contributed by atoms with Crippen molar-refractivity contribution in [3.8, 4) is 0 Å². The molecule has 0 saturated heterocycles. The molecule has 0 aromatic heterocycles. The van der Waals surface area contributed by atoms with Gasteiger partial charge in [-0.15, -0.1) is 6.58 Å². The number of guanidine groups is 1. The van der Waals surface area contributed by atoms with Crippen LogP contribution in [0.25, 0.3) is 0 Å². The van der Waals surface area contributed by atoms with Crippen LogP contribution in [0.5, 0.6) is 0 Å². The summed E-state index contributed by atoms with van der Waals surface area (Å²) in [5.74, 6) is 0.822. The summed E-state index contributed by atoms with van der Waals surface area (Å²) < 4.78 is 0. The van der Waals surface area contributed by atoms with Crippen LogP contribution in [-0.4, -0.2) is 39.7 Å². The third kappa shape index (κ3) is 5.95. The molecule has 4 nitrogen and oxygen atoms in total. The van der Waals surface area contributed by atoms with Crippen molar-refractivity contribution in [3.63, 3.8) is 0 Å². The van der Waals surface area contributed by atoms with Gasteiger partial charge in [-0.05, 0) is 18.6 Å². The monoisotopic (exact) mass is 260 g/mol. The Morgan fingerprint density at radius 2 is 2.05 bits per heavy atom. The fraction of sp³-hybridized carbons (Fsp3) is 0.400. The van der Waals surface area contributed by atoms with E-state index in [0.717, 1.165) is 32.0 Å². The van der Waals surface area contributed by atoms with Crippen LogP contribution in [0, 0.1) is 0 Å². The Balaban J connectivity index is 2.21. The Morgan fingerprint density at radius 1 is 1.32 bits per heavy atom. The summed E-state index contributed by atoms with van der Waals surface area (Å²) in [6.45, 7) is 6.30. The first kappa shape index (κ1) is 15.1. The highest BCUT2D eigenvalue weighted by Gasteiger charge is 2.00. The number of anilines is 1. The maximum atomic E-state index is 4.13. The topological polar surface area (TPSA) is 39.7 Å². The first-order chi connectivity index (χ1) is 9.27. The molecule has 0 bridgehead atoms. The van der Waals surface area contributed by atoms with Crippen molar-refractivity contribution in [2.45, 2.75) is 6.42 Å². The number of rotatable bonds is 7. The van der Waals surface area contributed by atoms with E-state index >= 15 is 0 Å². The second-order valence-electron chi connectivity index (χ2n) is 4.28. The van der Waals surface area contributed by atoms with E-state index in [-0.39, 0.29) is 0 Å². The number of hydrogen-bond acceptors (Lipinski definition) is 2. The summed E-state index contributed by atoms with van der Waals surface area (Å²) in [6, 6.07) is 10.4. The third-order valence-electron chi connectivity index (χ3n) is 2.80. The zero-order chi connectivity index (χ0) is 13.9. The van der Waals surface area contributed by atoms with Crippen molar-refractivity contribution in [2.75, 3.05) is 38.6 Å². The van der Waals surface area contributed by atoms with E-state index in [1.807, 2.05) is 12.1 Å². The van der Waals surface area contributed by atoms with Gasteiger partial charge in [-0.25, -0.2) is 0 Å². The quantitative estimate of drug-likeness (QED) is 0.340. The molecule has 0 amide bonds. The first-order valence-corrected chi connectivity index (χ1v) is 6.59. The van der Waals surface area contributed by atoms with Crippen LogP contribution in [0.15, 0.2) is 48.0 Å². The minimum Gasteiger partial charge on any atom is -0.375 e. The van der Waals surface area contributed by atoms with Gasteiger partial charge in [-0.3, -0.25) is 4.99 Å². The summed E-state index contributed by atoms with van der Waals surface area (Å²) >= 11 is 0. The third-order valence-corrected chi connectivity index (χ3v) is 2.80. The normalized spacial score (nSPS) is 10.9. The molecule has 0 atom stereocenters. The second kappa shape index (κ2) is 9.03. The molecule has 1 aromatic carbocycles. The van der Waals surface area contributed by atoms with E-state index in [1.165, 1.54) is 5.69 Å². The number of aliphatic imine (C=N–C) groups is 1. The van der Waals surface area contributed by atoms with Crippen molar-refractivity contribution >= 4 is 11.6 Å². The lowest BCUT2D eigenvalue weighted by Gasteiger charge is -2.19. The molecule has 0 saturated carbocycles. The second-order valence-corrected chi connectivity index (χ2v) is 4.28. The maximum absolute atomic E-state index is 4.13. The van der Waals surface area contributed by atoms with Gasteiger partial charge in [0.25, 0.3) is 0 Å². The predicted molar refractivity (Wildman–Crippen MR) is 83.9 cm³/mol. The lowest BCUT2D eigenvalue weighted by atomic mass is 10.3. The molecule has 0 aliphatic rings. The summed E-state index contributed by atoms with van der Waals surface area (Å²) in [5, 5.41) is 6.42. The zero-order valence-corrected chi connectivity index (χ0v) is 11.9. The molecular weight excluding hydrogens is 236 g/mol. The van der Waals surface area contributed by atoms with Gasteiger partial charge in [0, 0.05) is 39.4 Å². The average Bonchev–Trinajstić information content (AvgIpc) is 2.47. The van der Waals surface area contributed by atoms with Crippen LogP contribution in [0.3, 0.4) is 0 Å². The van der Waals surface area contributed by atoms with Crippen LogP contribution in [-0.2, 0) is 0 Å². The van der Waals surface area contributed by atoms with E-state index in [4.69, 9.17) is 0 Å². The molecule has 0 heterocycles. The van der Waals surface area contributed by atoms with Crippen LogP contribution < -0.4 is 15.5 Å². The van der Waals surface area contributed by atoms with Gasteiger partial charge < -0.3 is 15.5 Å². The zero-order valence-electron chi connectivity index (χ0n) is 11.9. The molecule has 1 rings (SSSR count). The number of hydrogen-bond donors (Lipinski definition) is 2. The Kier molecular flexibility index (Phi) is 7.17. The Labute approximate surface area is 116 Å². The molecule has 1 aromatic rings. The van der Waals surface area contributed by atoms with Gasteiger partial charge in [-0.2, -0.15) is 0 Å². The molecule has 0 fully saturated rings. The SMILES string of the molecule is C=CCNC(=NC)NCCCN(C)c1ccccc1. The number of nitrogens with zero attached hydrogens (tertiary/aromatic N) is 2. The van der Waals surface area contributed by atoms with Gasteiger partial charge in [0.2, 0.25) is 0 Å². The number of nitrogens with one attached hydrogen (secondary N) is 2. The molecule has 0 unspecified atom stereocenters. The highest BCUT2D eigenvalue weighted by molar-refractivity contribution is 5.79. The first-order valence-electron chi connectivity index (χ1n) is 6.59.